The number of anilines is 2. The van der Waals surface area contributed by atoms with E-state index in [1.165, 1.54) is 0 Å². The Bertz CT molecular complexity index is 885. The van der Waals surface area contributed by atoms with Crippen LogP contribution in [0.4, 0.5) is 11.4 Å². The lowest BCUT2D eigenvalue weighted by Crippen LogP contribution is -2.15. The molecule has 0 saturated carbocycles. The van der Waals surface area contributed by atoms with E-state index >= 15 is 0 Å². The monoisotopic (exact) mass is 363 g/mol. The maximum atomic E-state index is 12.6. The van der Waals surface area contributed by atoms with Gasteiger partial charge < -0.3 is 20.1 Å². The van der Waals surface area contributed by atoms with Crippen LogP contribution in [0.1, 0.15) is 10.5 Å². The first-order valence-electron chi connectivity index (χ1n) is 8.58. The van der Waals surface area contributed by atoms with Gasteiger partial charge >= 0.3 is 0 Å². The van der Waals surface area contributed by atoms with Gasteiger partial charge in [0.1, 0.15) is 11.4 Å². The van der Waals surface area contributed by atoms with Crippen LogP contribution in [-0.4, -0.2) is 31.2 Å². The van der Waals surface area contributed by atoms with Crippen molar-refractivity contribution in [3.8, 4) is 11.5 Å². The molecule has 138 valence electrons. The van der Waals surface area contributed by atoms with E-state index < -0.39 is 0 Å². The number of rotatable bonds is 8. The molecule has 1 heterocycles. The van der Waals surface area contributed by atoms with Crippen molar-refractivity contribution in [1.29, 1.82) is 0 Å². The highest BCUT2D eigenvalue weighted by molar-refractivity contribution is 6.04. The first-order valence-corrected chi connectivity index (χ1v) is 8.58. The van der Waals surface area contributed by atoms with Crippen LogP contribution >= 0.6 is 0 Å². The number of nitrogens with zero attached hydrogens (tertiary/aromatic N) is 1. The summed E-state index contributed by atoms with van der Waals surface area (Å²) < 4.78 is 10.9. The third-order valence-electron chi connectivity index (χ3n) is 3.73. The van der Waals surface area contributed by atoms with Crippen molar-refractivity contribution < 1.29 is 14.3 Å². The van der Waals surface area contributed by atoms with Crippen molar-refractivity contribution >= 4 is 17.3 Å². The first-order chi connectivity index (χ1) is 13.3. The molecular weight excluding hydrogens is 342 g/mol. The second-order valence-electron chi connectivity index (χ2n) is 5.71. The van der Waals surface area contributed by atoms with Gasteiger partial charge in [-0.1, -0.05) is 30.3 Å². The number of carbonyl (C=O) groups is 1. The molecule has 0 aliphatic carbocycles. The van der Waals surface area contributed by atoms with E-state index in [0.29, 0.717) is 36.0 Å². The molecule has 3 rings (SSSR count). The number of benzene rings is 2. The van der Waals surface area contributed by atoms with Gasteiger partial charge in [-0.3, -0.25) is 9.78 Å². The lowest BCUT2D eigenvalue weighted by atomic mass is 10.2. The van der Waals surface area contributed by atoms with E-state index in [9.17, 15) is 4.79 Å². The van der Waals surface area contributed by atoms with Gasteiger partial charge in [0.25, 0.3) is 5.91 Å². The summed E-state index contributed by atoms with van der Waals surface area (Å²) in [4.78, 5) is 16.8. The summed E-state index contributed by atoms with van der Waals surface area (Å²) >= 11 is 0. The minimum atomic E-state index is -0.311. The number of ether oxygens (including phenoxy) is 2. The number of hydrogen-bond donors (Lipinski definition) is 2. The molecular formula is C21H21N3O3. The molecule has 0 aliphatic rings. The molecule has 0 spiro atoms. The Balaban J connectivity index is 1.72. The van der Waals surface area contributed by atoms with E-state index in [-0.39, 0.29) is 5.91 Å². The normalized spacial score (nSPS) is 10.3. The van der Waals surface area contributed by atoms with Crippen LogP contribution in [-0.2, 0) is 4.74 Å². The van der Waals surface area contributed by atoms with Gasteiger partial charge in [0, 0.05) is 25.5 Å². The van der Waals surface area contributed by atoms with E-state index in [2.05, 4.69) is 15.6 Å². The van der Waals surface area contributed by atoms with Crippen LogP contribution in [0.15, 0.2) is 72.9 Å². The fraction of sp³-hybridized carbons (Fsp3) is 0.143. The molecule has 0 atom stereocenters. The standard InChI is InChI=1S/C21H21N3O3/c1-26-14-13-22-16-11-12-23-19(15-16)21(25)24-18-9-5-6-10-20(18)27-17-7-3-2-4-8-17/h2-12,15H,13-14H2,1H3,(H,22,23)(H,24,25). The van der Waals surface area contributed by atoms with E-state index in [0.717, 1.165) is 5.69 Å². The first kappa shape index (κ1) is 18.4. The lowest BCUT2D eigenvalue weighted by molar-refractivity contribution is 0.102. The molecule has 3 aromatic rings. The molecule has 6 nitrogen and oxygen atoms in total. The number of pyridine rings is 1. The molecule has 0 fully saturated rings. The molecule has 2 aromatic carbocycles. The summed E-state index contributed by atoms with van der Waals surface area (Å²) in [6.07, 6.45) is 1.59. The number of methoxy groups -OCH3 is 1. The maximum absolute atomic E-state index is 12.6. The number of aromatic nitrogens is 1. The second-order valence-corrected chi connectivity index (χ2v) is 5.71. The van der Waals surface area contributed by atoms with Gasteiger partial charge in [0.05, 0.1) is 12.3 Å². The highest BCUT2D eigenvalue weighted by Gasteiger charge is 2.12. The Morgan fingerprint density at radius 2 is 1.81 bits per heavy atom. The highest BCUT2D eigenvalue weighted by atomic mass is 16.5. The minimum Gasteiger partial charge on any atom is -0.455 e. The Morgan fingerprint density at radius 3 is 2.63 bits per heavy atom. The predicted molar refractivity (Wildman–Crippen MR) is 106 cm³/mol. The fourth-order valence-corrected chi connectivity index (χ4v) is 2.42. The van der Waals surface area contributed by atoms with Crippen molar-refractivity contribution in [2.45, 2.75) is 0 Å². The van der Waals surface area contributed by atoms with Crippen LogP contribution < -0.4 is 15.4 Å². The van der Waals surface area contributed by atoms with Crippen LogP contribution in [0.2, 0.25) is 0 Å². The molecule has 0 unspecified atom stereocenters. The second kappa shape index (κ2) is 9.35. The Kier molecular flexibility index (Phi) is 6.38. The van der Waals surface area contributed by atoms with Crippen molar-refractivity contribution in [2.24, 2.45) is 0 Å². The number of carbonyl (C=O) groups excluding carboxylic acids is 1. The largest absolute Gasteiger partial charge is 0.455 e. The summed E-state index contributed by atoms with van der Waals surface area (Å²) in [6.45, 7) is 1.23. The van der Waals surface area contributed by atoms with Crippen LogP contribution in [0, 0.1) is 0 Å². The maximum Gasteiger partial charge on any atom is 0.274 e. The van der Waals surface area contributed by atoms with E-state index in [1.807, 2.05) is 42.5 Å². The lowest BCUT2D eigenvalue weighted by Gasteiger charge is -2.12. The Morgan fingerprint density at radius 1 is 1.04 bits per heavy atom. The quantitative estimate of drug-likeness (QED) is 0.587. The van der Waals surface area contributed by atoms with Gasteiger partial charge in [-0.25, -0.2) is 0 Å². The molecule has 1 amide bonds. The fourth-order valence-electron chi connectivity index (χ4n) is 2.42. The van der Waals surface area contributed by atoms with Gasteiger partial charge in [0.15, 0.2) is 5.75 Å². The topological polar surface area (TPSA) is 72.5 Å². The Labute approximate surface area is 158 Å². The summed E-state index contributed by atoms with van der Waals surface area (Å²) in [5.74, 6) is 0.947. The third kappa shape index (κ3) is 5.29. The van der Waals surface area contributed by atoms with Gasteiger partial charge in [-0.15, -0.1) is 0 Å². The van der Waals surface area contributed by atoms with Crippen molar-refractivity contribution in [1.82, 2.24) is 4.98 Å². The zero-order valence-corrected chi connectivity index (χ0v) is 15.0. The number of amides is 1. The molecule has 0 aliphatic heterocycles. The zero-order valence-electron chi connectivity index (χ0n) is 15.0. The molecule has 0 bridgehead atoms. The zero-order chi connectivity index (χ0) is 18.9. The molecule has 27 heavy (non-hydrogen) atoms. The average molecular weight is 363 g/mol. The van der Waals surface area contributed by atoms with Crippen LogP contribution in [0.5, 0.6) is 11.5 Å². The van der Waals surface area contributed by atoms with Crippen LogP contribution in [0.3, 0.4) is 0 Å². The van der Waals surface area contributed by atoms with E-state index in [1.54, 1.807) is 37.6 Å². The van der Waals surface area contributed by atoms with Gasteiger partial charge in [-0.05, 0) is 36.4 Å². The highest BCUT2D eigenvalue weighted by Crippen LogP contribution is 2.29. The van der Waals surface area contributed by atoms with Gasteiger partial charge in [-0.2, -0.15) is 0 Å². The number of para-hydroxylation sites is 3. The molecule has 6 heteroatoms. The minimum absolute atomic E-state index is 0.311. The SMILES string of the molecule is COCCNc1ccnc(C(=O)Nc2ccccc2Oc2ccccc2)c1. The van der Waals surface area contributed by atoms with Crippen LogP contribution in [0.25, 0.3) is 0 Å². The van der Waals surface area contributed by atoms with Crippen molar-refractivity contribution in [3.63, 3.8) is 0 Å². The summed E-state index contributed by atoms with van der Waals surface area (Å²) in [7, 11) is 1.64. The molecule has 1 aromatic heterocycles. The predicted octanol–water partition coefficient (Wildman–Crippen LogP) is 4.18. The molecule has 0 saturated heterocycles. The summed E-state index contributed by atoms with van der Waals surface area (Å²) in [6, 6.07) is 20.2. The van der Waals surface area contributed by atoms with Crippen molar-refractivity contribution in [2.75, 3.05) is 30.9 Å². The summed E-state index contributed by atoms with van der Waals surface area (Å²) in [5.41, 5.74) is 1.69. The number of nitrogens with one attached hydrogen (secondary N) is 2. The molecule has 0 radical (unpaired) electrons. The summed E-state index contributed by atoms with van der Waals surface area (Å²) in [5, 5.41) is 6.04. The average Bonchev–Trinajstić information content (AvgIpc) is 2.71. The smallest absolute Gasteiger partial charge is 0.274 e. The van der Waals surface area contributed by atoms with Crippen molar-refractivity contribution in [3.05, 3.63) is 78.6 Å². The molecule has 2 N–H and O–H groups in total. The van der Waals surface area contributed by atoms with E-state index in [4.69, 9.17) is 9.47 Å². The van der Waals surface area contributed by atoms with Gasteiger partial charge in [0.2, 0.25) is 0 Å². The number of hydrogen-bond acceptors (Lipinski definition) is 5. The third-order valence-corrected chi connectivity index (χ3v) is 3.73. The Hall–Kier alpha value is -3.38.